The molecule has 0 atom stereocenters. The number of methoxy groups -OCH3 is 1. The van der Waals surface area contributed by atoms with Gasteiger partial charge >= 0.3 is 0 Å². The second-order valence-electron chi connectivity index (χ2n) is 4.23. The summed E-state index contributed by atoms with van der Waals surface area (Å²) in [6.07, 6.45) is 3.86. The molecule has 1 aliphatic rings. The van der Waals surface area contributed by atoms with Gasteiger partial charge in [0.15, 0.2) is 0 Å². The molecule has 1 saturated carbocycles. The molecule has 2 rings (SSSR count). The maximum absolute atomic E-state index is 11.9. The van der Waals surface area contributed by atoms with Gasteiger partial charge in [0.1, 0.15) is 11.5 Å². The molecule has 0 saturated heterocycles. The average Bonchev–Trinajstić information content (AvgIpc) is 2.18. The van der Waals surface area contributed by atoms with Crippen LogP contribution in [0.25, 0.3) is 0 Å². The largest absolute Gasteiger partial charge is 0.497 e. The van der Waals surface area contributed by atoms with E-state index in [1.807, 2.05) is 18.2 Å². The van der Waals surface area contributed by atoms with E-state index in [9.17, 15) is 4.79 Å². The summed E-state index contributed by atoms with van der Waals surface area (Å²) in [4.78, 5) is 11.9. The average molecular weight is 283 g/mol. The Labute approximate surface area is 104 Å². The Balaban J connectivity index is 2.09. The van der Waals surface area contributed by atoms with Gasteiger partial charge in [-0.2, -0.15) is 0 Å². The number of hydrogen-bond donors (Lipinski definition) is 0. The summed E-state index contributed by atoms with van der Waals surface area (Å²) in [6, 6.07) is 5.75. The Bertz CT molecular complexity index is 397. The molecule has 0 spiro atoms. The van der Waals surface area contributed by atoms with Gasteiger partial charge < -0.3 is 4.74 Å². The minimum absolute atomic E-state index is 0.304. The molecule has 0 radical (unpaired) electrons. The third-order valence-electron chi connectivity index (χ3n) is 3.18. The van der Waals surface area contributed by atoms with E-state index in [4.69, 9.17) is 4.74 Å². The number of ketones is 1. The molecule has 1 aliphatic carbocycles. The number of Topliss-reactive ketones (excluding diaryl/α,β-unsaturated/α-hetero) is 1. The van der Waals surface area contributed by atoms with Crippen LogP contribution >= 0.6 is 15.9 Å². The molecular weight excluding hydrogens is 268 g/mol. The lowest BCUT2D eigenvalue weighted by Gasteiger charge is -2.24. The maximum atomic E-state index is 11.9. The number of carbonyl (C=O) groups excluding carboxylic acids is 1. The van der Waals surface area contributed by atoms with Crippen molar-refractivity contribution in [3.8, 4) is 5.75 Å². The normalized spacial score (nSPS) is 15.6. The zero-order valence-corrected chi connectivity index (χ0v) is 10.9. The third kappa shape index (κ3) is 2.46. The monoisotopic (exact) mass is 282 g/mol. The number of carbonyl (C=O) groups is 1. The number of rotatable bonds is 4. The molecule has 1 fully saturated rings. The zero-order chi connectivity index (χ0) is 11.5. The van der Waals surface area contributed by atoms with Gasteiger partial charge in [-0.1, -0.05) is 22.4 Å². The van der Waals surface area contributed by atoms with Crippen LogP contribution < -0.4 is 4.74 Å². The van der Waals surface area contributed by atoms with E-state index in [1.165, 1.54) is 6.42 Å². The zero-order valence-electron chi connectivity index (χ0n) is 9.33. The van der Waals surface area contributed by atoms with E-state index in [0.717, 1.165) is 28.6 Å². The Morgan fingerprint density at radius 2 is 2.25 bits per heavy atom. The van der Waals surface area contributed by atoms with Gasteiger partial charge in [0, 0.05) is 16.8 Å². The van der Waals surface area contributed by atoms with Crippen LogP contribution in [0.4, 0.5) is 0 Å². The smallest absolute Gasteiger partial charge is 0.140 e. The van der Waals surface area contributed by atoms with Gasteiger partial charge in [-0.25, -0.2) is 0 Å². The van der Waals surface area contributed by atoms with E-state index in [-0.39, 0.29) is 0 Å². The van der Waals surface area contributed by atoms with Crippen LogP contribution in [-0.2, 0) is 11.2 Å². The first-order valence-electron chi connectivity index (χ1n) is 5.56. The third-order valence-corrected chi connectivity index (χ3v) is 3.95. The first kappa shape index (κ1) is 11.6. The van der Waals surface area contributed by atoms with E-state index in [2.05, 4.69) is 15.9 Å². The highest BCUT2D eigenvalue weighted by Gasteiger charge is 2.25. The van der Waals surface area contributed by atoms with Crippen molar-refractivity contribution >= 4 is 21.7 Å². The van der Waals surface area contributed by atoms with Gasteiger partial charge in [0.05, 0.1) is 7.11 Å². The first-order valence-corrected chi connectivity index (χ1v) is 6.35. The molecule has 0 aliphatic heterocycles. The number of halogens is 1. The molecule has 3 heteroatoms. The van der Waals surface area contributed by atoms with Crippen molar-refractivity contribution in [1.82, 2.24) is 0 Å². The lowest BCUT2D eigenvalue weighted by Crippen LogP contribution is -2.23. The highest BCUT2D eigenvalue weighted by atomic mass is 79.9. The van der Waals surface area contributed by atoms with Gasteiger partial charge in [0.2, 0.25) is 0 Å². The molecule has 0 amide bonds. The van der Waals surface area contributed by atoms with E-state index in [1.54, 1.807) is 7.11 Å². The quantitative estimate of drug-likeness (QED) is 0.846. The molecule has 1 aromatic carbocycles. The highest BCUT2D eigenvalue weighted by molar-refractivity contribution is 9.10. The van der Waals surface area contributed by atoms with Gasteiger partial charge in [-0.3, -0.25) is 4.79 Å². The van der Waals surface area contributed by atoms with Crippen LogP contribution in [0.1, 0.15) is 24.8 Å². The molecule has 0 unspecified atom stereocenters. The van der Waals surface area contributed by atoms with Crippen molar-refractivity contribution in [2.24, 2.45) is 5.92 Å². The molecule has 86 valence electrons. The molecule has 16 heavy (non-hydrogen) atoms. The SMILES string of the molecule is COc1ccc(Br)c(CC(=O)C2CCC2)c1. The van der Waals surface area contributed by atoms with E-state index >= 15 is 0 Å². The Kier molecular flexibility index (Phi) is 3.64. The molecule has 0 N–H and O–H groups in total. The van der Waals surface area contributed by atoms with Crippen molar-refractivity contribution in [3.63, 3.8) is 0 Å². The van der Waals surface area contributed by atoms with E-state index in [0.29, 0.717) is 18.1 Å². The fourth-order valence-electron chi connectivity index (χ4n) is 1.88. The number of ether oxygens (including phenoxy) is 1. The van der Waals surface area contributed by atoms with Crippen LogP contribution in [-0.4, -0.2) is 12.9 Å². The summed E-state index contributed by atoms with van der Waals surface area (Å²) in [5.74, 6) is 1.47. The molecular formula is C13H15BrO2. The highest BCUT2D eigenvalue weighted by Crippen LogP contribution is 2.30. The Hall–Kier alpha value is -0.830. The van der Waals surface area contributed by atoms with Crippen molar-refractivity contribution in [2.75, 3.05) is 7.11 Å². The second-order valence-corrected chi connectivity index (χ2v) is 5.08. The predicted octanol–water partition coefficient (Wildman–Crippen LogP) is 3.37. The van der Waals surface area contributed by atoms with Crippen molar-refractivity contribution in [1.29, 1.82) is 0 Å². The molecule has 0 heterocycles. The topological polar surface area (TPSA) is 26.3 Å². The van der Waals surface area contributed by atoms with Crippen LogP contribution in [0.2, 0.25) is 0 Å². The Morgan fingerprint density at radius 1 is 1.50 bits per heavy atom. The van der Waals surface area contributed by atoms with Gasteiger partial charge in [-0.05, 0) is 36.6 Å². The minimum atomic E-state index is 0.304. The summed E-state index contributed by atoms with van der Waals surface area (Å²) in [6.45, 7) is 0. The molecule has 1 aromatic rings. The number of hydrogen-bond acceptors (Lipinski definition) is 2. The summed E-state index contributed by atoms with van der Waals surface area (Å²) in [7, 11) is 1.64. The van der Waals surface area contributed by atoms with Gasteiger partial charge in [-0.15, -0.1) is 0 Å². The summed E-state index contributed by atoms with van der Waals surface area (Å²) < 4.78 is 6.15. The van der Waals surface area contributed by atoms with Crippen LogP contribution in [0.3, 0.4) is 0 Å². The predicted molar refractivity (Wildman–Crippen MR) is 66.7 cm³/mol. The minimum Gasteiger partial charge on any atom is -0.497 e. The Morgan fingerprint density at radius 3 is 2.81 bits per heavy atom. The van der Waals surface area contributed by atoms with Crippen LogP contribution in [0.15, 0.2) is 22.7 Å². The standard InChI is InChI=1S/C13H15BrO2/c1-16-11-5-6-12(14)10(7-11)8-13(15)9-3-2-4-9/h5-7,9H,2-4,8H2,1H3. The molecule has 0 bridgehead atoms. The second kappa shape index (κ2) is 5.00. The fourth-order valence-corrected chi connectivity index (χ4v) is 2.26. The summed E-state index contributed by atoms with van der Waals surface area (Å²) in [5.41, 5.74) is 1.02. The van der Waals surface area contributed by atoms with E-state index < -0.39 is 0 Å². The lowest BCUT2D eigenvalue weighted by atomic mass is 9.80. The first-order chi connectivity index (χ1) is 7.70. The maximum Gasteiger partial charge on any atom is 0.140 e. The molecule has 2 nitrogen and oxygen atoms in total. The number of benzene rings is 1. The van der Waals surface area contributed by atoms with Crippen LogP contribution in [0, 0.1) is 5.92 Å². The van der Waals surface area contributed by atoms with Crippen LogP contribution in [0.5, 0.6) is 5.75 Å². The van der Waals surface area contributed by atoms with Crippen molar-refractivity contribution in [3.05, 3.63) is 28.2 Å². The lowest BCUT2D eigenvalue weighted by molar-refractivity contribution is -0.124. The summed E-state index contributed by atoms with van der Waals surface area (Å²) >= 11 is 3.47. The molecule has 0 aromatic heterocycles. The van der Waals surface area contributed by atoms with Gasteiger partial charge in [0.25, 0.3) is 0 Å². The van der Waals surface area contributed by atoms with Crippen molar-refractivity contribution in [2.45, 2.75) is 25.7 Å². The fraction of sp³-hybridized carbons (Fsp3) is 0.462. The van der Waals surface area contributed by atoms with Crippen molar-refractivity contribution < 1.29 is 9.53 Å². The summed E-state index contributed by atoms with van der Waals surface area (Å²) in [5, 5.41) is 0.